The van der Waals surface area contributed by atoms with E-state index >= 15 is 0 Å². The highest BCUT2D eigenvalue weighted by atomic mass is 35.5. The topological polar surface area (TPSA) is 84.7 Å². The van der Waals surface area contributed by atoms with Crippen LogP contribution in [0.1, 0.15) is 37.6 Å². The minimum Gasteiger partial charge on any atom is -0.453 e. The molecule has 1 aliphatic rings. The summed E-state index contributed by atoms with van der Waals surface area (Å²) in [6, 6.07) is 6.23. The van der Waals surface area contributed by atoms with Crippen molar-refractivity contribution in [3.8, 4) is 11.3 Å². The van der Waals surface area contributed by atoms with E-state index in [0.29, 0.717) is 16.1 Å². The molecule has 2 amide bonds. The number of nitrogens with zero attached hydrogens (tertiary/aromatic N) is 2. The summed E-state index contributed by atoms with van der Waals surface area (Å²) in [6.07, 6.45) is -0.356. The summed E-state index contributed by atoms with van der Waals surface area (Å²) in [5.74, 6) is -1.07. The molecule has 3 aromatic rings. The van der Waals surface area contributed by atoms with Crippen LogP contribution in [-0.2, 0) is 4.74 Å². The van der Waals surface area contributed by atoms with Crippen molar-refractivity contribution in [2.75, 3.05) is 13.1 Å². The molecule has 1 saturated heterocycles. The minimum atomic E-state index is -1.48. The first-order valence-corrected chi connectivity index (χ1v) is 11.2. The van der Waals surface area contributed by atoms with Crippen LogP contribution in [-0.4, -0.2) is 52.8 Å². The summed E-state index contributed by atoms with van der Waals surface area (Å²) in [5, 5.41) is 2.95. The van der Waals surface area contributed by atoms with E-state index in [9.17, 15) is 18.4 Å². The second-order valence-corrected chi connectivity index (χ2v) is 9.53. The molecule has 0 radical (unpaired) electrons. The number of piperidine rings is 1. The van der Waals surface area contributed by atoms with Gasteiger partial charge in [-0.05, 0) is 51.5 Å². The quantitative estimate of drug-likeness (QED) is 0.533. The standard InChI is InChI=1S/C24H24ClF2N3O4/c1-24(2,3)34-23(32)30-9-7-18(17(27)12-30)29-22(31)13-4-5-14(16(26)10-13)20-11-19-21(33-20)15(25)6-8-28-19/h4-6,8,10-11,17-18H,7,9,12H2,1-3H3,(H,29,31). The smallest absolute Gasteiger partial charge is 0.410 e. The molecule has 1 N–H and O–H groups in total. The van der Waals surface area contributed by atoms with Gasteiger partial charge in [0.2, 0.25) is 0 Å². The molecule has 0 spiro atoms. The largest absolute Gasteiger partial charge is 0.453 e. The highest BCUT2D eigenvalue weighted by molar-refractivity contribution is 6.34. The maximum absolute atomic E-state index is 14.8. The Hall–Kier alpha value is -3.20. The van der Waals surface area contributed by atoms with Crippen LogP contribution in [0.3, 0.4) is 0 Å². The van der Waals surface area contributed by atoms with E-state index in [1.165, 1.54) is 23.2 Å². The van der Waals surface area contributed by atoms with Crippen LogP contribution in [0.4, 0.5) is 13.6 Å². The fourth-order valence-electron chi connectivity index (χ4n) is 3.71. The first-order valence-electron chi connectivity index (χ1n) is 10.8. The van der Waals surface area contributed by atoms with Crippen molar-refractivity contribution >= 4 is 34.7 Å². The molecule has 2 atom stereocenters. The molecule has 3 heterocycles. The van der Waals surface area contributed by atoms with Gasteiger partial charge in [-0.3, -0.25) is 9.78 Å². The van der Waals surface area contributed by atoms with E-state index in [2.05, 4.69) is 10.3 Å². The third-order valence-electron chi connectivity index (χ3n) is 5.37. The van der Waals surface area contributed by atoms with Crippen LogP contribution < -0.4 is 5.32 Å². The molecule has 1 aliphatic heterocycles. The van der Waals surface area contributed by atoms with Gasteiger partial charge in [0.1, 0.15) is 28.9 Å². The van der Waals surface area contributed by atoms with Gasteiger partial charge in [0, 0.05) is 24.4 Å². The van der Waals surface area contributed by atoms with Gasteiger partial charge < -0.3 is 19.4 Å². The summed E-state index contributed by atoms with van der Waals surface area (Å²) in [4.78, 5) is 30.2. The van der Waals surface area contributed by atoms with Crippen molar-refractivity contribution in [1.29, 1.82) is 0 Å². The molecule has 180 valence electrons. The van der Waals surface area contributed by atoms with E-state index in [4.69, 9.17) is 20.8 Å². The number of rotatable bonds is 3. The average molecular weight is 492 g/mol. The number of alkyl halides is 1. The lowest BCUT2D eigenvalue weighted by molar-refractivity contribution is 0.00971. The number of carbonyl (C=O) groups excluding carboxylic acids is 2. The number of fused-ring (bicyclic) bond motifs is 1. The van der Waals surface area contributed by atoms with Crippen molar-refractivity contribution in [2.24, 2.45) is 0 Å². The number of hydrogen-bond acceptors (Lipinski definition) is 5. The van der Waals surface area contributed by atoms with Gasteiger partial charge >= 0.3 is 6.09 Å². The summed E-state index contributed by atoms with van der Waals surface area (Å²) in [6.45, 7) is 5.23. The number of nitrogens with one attached hydrogen (secondary N) is 1. The minimum absolute atomic E-state index is 0.0373. The lowest BCUT2D eigenvalue weighted by atomic mass is 10.0. The molecule has 2 unspecified atom stereocenters. The van der Waals surface area contributed by atoms with Crippen LogP contribution in [0.25, 0.3) is 22.4 Å². The summed E-state index contributed by atoms with van der Waals surface area (Å²) in [7, 11) is 0. The van der Waals surface area contributed by atoms with Gasteiger partial charge in [0.15, 0.2) is 5.58 Å². The lowest BCUT2D eigenvalue weighted by Crippen LogP contribution is -2.54. The Morgan fingerprint density at radius 3 is 2.68 bits per heavy atom. The number of benzene rings is 1. The van der Waals surface area contributed by atoms with Crippen molar-refractivity contribution in [1.82, 2.24) is 15.2 Å². The molecule has 0 saturated carbocycles. The van der Waals surface area contributed by atoms with Crippen LogP contribution in [0.5, 0.6) is 0 Å². The number of hydrogen-bond donors (Lipinski definition) is 1. The Morgan fingerprint density at radius 1 is 1.26 bits per heavy atom. The second-order valence-electron chi connectivity index (χ2n) is 9.12. The number of likely N-dealkylation sites (tertiary alicyclic amines) is 1. The Balaban J connectivity index is 1.42. The summed E-state index contributed by atoms with van der Waals surface area (Å²) < 4.78 is 40.4. The van der Waals surface area contributed by atoms with Crippen molar-refractivity contribution in [3.63, 3.8) is 0 Å². The molecule has 1 aromatic carbocycles. The number of aromatic nitrogens is 1. The third-order valence-corrected chi connectivity index (χ3v) is 5.67. The monoisotopic (exact) mass is 491 g/mol. The molecule has 7 nitrogen and oxygen atoms in total. The highest BCUT2D eigenvalue weighted by Gasteiger charge is 2.34. The fraction of sp³-hybridized carbons (Fsp3) is 0.375. The Labute approximate surface area is 200 Å². The second kappa shape index (κ2) is 9.21. The van der Waals surface area contributed by atoms with Gasteiger partial charge in [-0.2, -0.15) is 0 Å². The van der Waals surface area contributed by atoms with Gasteiger partial charge in [0.05, 0.1) is 23.2 Å². The molecular weight excluding hydrogens is 468 g/mol. The zero-order chi connectivity index (χ0) is 24.6. The predicted molar refractivity (Wildman–Crippen MR) is 123 cm³/mol. The third kappa shape index (κ3) is 5.14. The Morgan fingerprint density at radius 2 is 2.03 bits per heavy atom. The fourth-order valence-corrected chi connectivity index (χ4v) is 3.90. The molecule has 0 bridgehead atoms. The van der Waals surface area contributed by atoms with Crippen LogP contribution >= 0.6 is 11.6 Å². The predicted octanol–water partition coefficient (Wildman–Crippen LogP) is 5.36. The molecule has 1 fully saturated rings. The number of furan rings is 1. The lowest BCUT2D eigenvalue weighted by Gasteiger charge is -2.35. The number of ether oxygens (including phenoxy) is 1. The molecular formula is C24H24ClF2N3O4. The maximum Gasteiger partial charge on any atom is 0.410 e. The number of amides is 2. The van der Waals surface area contributed by atoms with E-state index in [-0.39, 0.29) is 36.4 Å². The van der Waals surface area contributed by atoms with Crippen molar-refractivity contribution < 1.29 is 27.5 Å². The first kappa shape index (κ1) is 23.9. The first-order chi connectivity index (χ1) is 16.0. The maximum atomic E-state index is 14.8. The van der Waals surface area contributed by atoms with E-state index < -0.39 is 35.6 Å². The highest BCUT2D eigenvalue weighted by Crippen LogP contribution is 2.32. The summed E-state index contributed by atoms with van der Waals surface area (Å²) in [5.41, 5.74) is 0.312. The van der Waals surface area contributed by atoms with Gasteiger partial charge in [-0.15, -0.1) is 0 Å². The van der Waals surface area contributed by atoms with Crippen LogP contribution in [0, 0.1) is 5.82 Å². The average Bonchev–Trinajstić information content (AvgIpc) is 3.19. The molecule has 34 heavy (non-hydrogen) atoms. The van der Waals surface area contributed by atoms with Gasteiger partial charge in [-0.1, -0.05) is 11.6 Å². The zero-order valence-corrected chi connectivity index (χ0v) is 19.7. The molecule has 0 aliphatic carbocycles. The van der Waals surface area contributed by atoms with Crippen molar-refractivity contribution in [2.45, 2.75) is 45.0 Å². The van der Waals surface area contributed by atoms with Crippen LogP contribution in [0.15, 0.2) is 40.9 Å². The molecule has 4 rings (SSSR count). The SMILES string of the molecule is CC(C)(C)OC(=O)N1CCC(NC(=O)c2ccc(-c3cc4nccc(Cl)c4o3)c(F)c2)C(F)C1. The normalized spacial score (nSPS) is 18.7. The summed E-state index contributed by atoms with van der Waals surface area (Å²) >= 11 is 6.08. The van der Waals surface area contributed by atoms with Gasteiger partial charge in [0.25, 0.3) is 5.91 Å². The zero-order valence-electron chi connectivity index (χ0n) is 18.9. The number of pyridine rings is 1. The number of carbonyl (C=O) groups is 2. The van der Waals surface area contributed by atoms with Crippen molar-refractivity contribution in [3.05, 3.63) is 52.9 Å². The molecule has 10 heteroatoms. The van der Waals surface area contributed by atoms with E-state index in [1.807, 2.05) is 0 Å². The van der Waals surface area contributed by atoms with E-state index in [0.717, 1.165) is 6.07 Å². The molecule has 2 aromatic heterocycles. The van der Waals surface area contributed by atoms with E-state index in [1.54, 1.807) is 32.9 Å². The van der Waals surface area contributed by atoms with Crippen LogP contribution in [0.2, 0.25) is 5.02 Å². The Kier molecular flexibility index (Phi) is 6.49. The van der Waals surface area contributed by atoms with Gasteiger partial charge in [-0.25, -0.2) is 13.6 Å². The number of halogens is 3. The Bertz CT molecular complexity index is 1240.